The van der Waals surface area contributed by atoms with Crippen molar-refractivity contribution >= 4 is 0 Å². The number of rotatable bonds is 6. The molecule has 2 N–H and O–H groups in total. The molecule has 0 unspecified atom stereocenters. The number of aromatic nitrogens is 15. The second kappa shape index (κ2) is 62.1. The van der Waals surface area contributed by atoms with E-state index in [4.69, 9.17) is 0 Å². The van der Waals surface area contributed by atoms with E-state index in [0.29, 0.717) is 0 Å². The Bertz CT molecular complexity index is 3130. The Labute approximate surface area is 706 Å². The summed E-state index contributed by atoms with van der Waals surface area (Å²) in [5.74, 6) is 0. The van der Waals surface area contributed by atoms with Gasteiger partial charge in [-0.25, -0.2) is 0 Å². The molecule has 0 amide bonds. The Morgan fingerprint density at radius 3 is 0.265 bits per heavy atom. The Kier molecular flexibility index (Phi) is 58.8. The standard InChI is InChI=1S/6C10H8N2.3C5H5N.4HI.2Nd.2H2O/c6*1-3-7-11-9(5-1)10-6-2-4-8-12-10;3*1-2-4-6-5-3-1;;;;;;;;/h6*1-8H;3*1-5H;4*1H;;;2*1H2/q;;;;;;;;;;;;;2*+3;;/p-6. The Morgan fingerprint density at radius 1 is 0.122 bits per heavy atom. The molecular formula is C75H65I4N15Nd2O2. The van der Waals surface area contributed by atoms with Crippen LogP contribution in [-0.2, 0) is 0 Å². The quantitative estimate of drug-likeness (QED) is 0.215. The van der Waals surface area contributed by atoms with Crippen LogP contribution in [0.4, 0.5) is 0 Å². The predicted octanol–water partition coefficient (Wildman–Crippen LogP) is 3.77. The van der Waals surface area contributed by atoms with Crippen molar-refractivity contribution in [1.82, 2.24) is 74.8 Å². The Morgan fingerprint density at radius 2 is 0.214 bits per heavy atom. The monoisotopic (exact) mass is 2000 g/mol. The van der Waals surface area contributed by atoms with Crippen molar-refractivity contribution in [3.8, 4) is 68.3 Å². The first-order valence-electron chi connectivity index (χ1n) is 28.3. The van der Waals surface area contributed by atoms with E-state index in [2.05, 4.69) is 74.8 Å². The van der Waals surface area contributed by atoms with Crippen LogP contribution in [0, 0.1) is 81.7 Å². The van der Waals surface area contributed by atoms with Gasteiger partial charge in [0.15, 0.2) is 0 Å². The van der Waals surface area contributed by atoms with E-state index in [1.807, 2.05) is 273 Å². The summed E-state index contributed by atoms with van der Waals surface area (Å²) in [7, 11) is 0. The summed E-state index contributed by atoms with van der Waals surface area (Å²) in [6, 6.07) is 86.7. The molecule has 488 valence electrons. The molecule has 0 fully saturated rings. The van der Waals surface area contributed by atoms with Crippen molar-refractivity contribution in [3.63, 3.8) is 0 Å². The van der Waals surface area contributed by atoms with Gasteiger partial charge >= 0.3 is 81.7 Å². The molecule has 0 saturated carbocycles. The molecule has 0 saturated heterocycles. The zero-order chi connectivity index (χ0) is 62.1. The van der Waals surface area contributed by atoms with E-state index in [0.717, 1.165) is 68.3 Å². The van der Waals surface area contributed by atoms with Crippen molar-refractivity contribution in [2.24, 2.45) is 0 Å². The molecule has 0 atom stereocenters. The van der Waals surface area contributed by atoms with Crippen LogP contribution in [0.2, 0.25) is 0 Å². The average Bonchev–Trinajstić information content (AvgIpc) is 1.42. The molecule has 23 heteroatoms. The maximum Gasteiger partial charge on any atom is 3.00 e. The maximum atomic E-state index is 4.19. The number of hydrogen-bond donors (Lipinski definition) is 0. The normalized spacial score (nSPS) is 8.57. The van der Waals surface area contributed by atoms with Gasteiger partial charge < -0.3 is 107 Å². The summed E-state index contributed by atoms with van der Waals surface area (Å²) in [6.07, 6.45) is 31.7. The first-order chi connectivity index (χ1) is 44.8. The minimum atomic E-state index is 0. The molecule has 0 aliphatic heterocycles. The summed E-state index contributed by atoms with van der Waals surface area (Å²) >= 11 is 0. The number of nitrogens with zero attached hydrogens (tertiary/aromatic N) is 15. The summed E-state index contributed by atoms with van der Waals surface area (Å²) in [5.41, 5.74) is 11.0. The molecule has 0 aliphatic rings. The van der Waals surface area contributed by atoms with E-state index in [-0.39, 0.29) is 189 Å². The molecule has 0 aromatic carbocycles. The zero-order valence-corrected chi connectivity index (χ0v) is 67.5. The van der Waals surface area contributed by atoms with E-state index >= 15 is 0 Å². The molecule has 98 heavy (non-hydrogen) atoms. The first-order valence-corrected chi connectivity index (χ1v) is 28.3. The first kappa shape index (κ1) is 92.8. The van der Waals surface area contributed by atoms with Gasteiger partial charge in [-0.2, -0.15) is 0 Å². The Balaban J connectivity index is 0. The number of hydrogen-bond acceptors (Lipinski definition) is 17. The van der Waals surface area contributed by atoms with Crippen LogP contribution in [0.5, 0.6) is 0 Å². The predicted molar refractivity (Wildman–Crippen MR) is 361 cm³/mol. The van der Waals surface area contributed by atoms with Crippen LogP contribution >= 0.6 is 0 Å². The second-order valence-corrected chi connectivity index (χ2v) is 17.7. The zero-order valence-electron chi connectivity index (χ0n) is 52.5. The molecule has 15 aromatic heterocycles. The number of halogens is 4. The van der Waals surface area contributed by atoms with Crippen LogP contribution in [0.1, 0.15) is 0 Å². The van der Waals surface area contributed by atoms with Gasteiger partial charge in [0.25, 0.3) is 0 Å². The number of pyridine rings is 15. The van der Waals surface area contributed by atoms with Crippen LogP contribution in [0.15, 0.2) is 385 Å². The van der Waals surface area contributed by atoms with E-state index in [1.165, 1.54) is 0 Å². The van der Waals surface area contributed by atoms with E-state index in [9.17, 15) is 0 Å². The minimum Gasteiger partial charge on any atom is -1.00 e. The van der Waals surface area contributed by atoms with Gasteiger partial charge in [0.2, 0.25) is 0 Å². The van der Waals surface area contributed by atoms with Crippen molar-refractivity contribution in [1.29, 1.82) is 0 Å². The van der Waals surface area contributed by atoms with Gasteiger partial charge in [0.05, 0.1) is 68.3 Å². The molecule has 0 spiro atoms. The van der Waals surface area contributed by atoms with Crippen molar-refractivity contribution in [2.75, 3.05) is 0 Å². The molecule has 15 heterocycles. The minimum absolute atomic E-state index is 0. The summed E-state index contributed by atoms with van der Waals surface area (Å²) in [5, 5.41) is 0. The van der Waals surface area contributed by atoms with Crippen LogP contribution in [-0.4, -0.2) is 85.7 Å². The summed E-state index contributed by atoms with van der Waals surface area (Å²) in [6.45, 7) is 0. The molecule has 0 aliphatic carbocycles. The third kappa shape index (κ3) is 40.0. The third-order valence-electron chi connectivity index (χ3n) is 11.3. The van der Waals surface area contributed by atoms with Gasteiger partial charge in [0.1, 0.15) is 0 Å². The topological polar surface area (TPSA) is 253 Å². The molecule has 17 nitrogen and oxygen atoms in total. The second-order valence-electron chi connectivity index (χ2n) is 17.7. The fourth-order valence-corrected chi connectivity index (χ4v) is 7.11. The maximum absolute atomic E-state index is 4.19. The largest absolute Gasteiger partial charge is 3.00 e. The van der Waals surface area contributed by atoms with Gasteiger partial charge in [-0.1, -0.05) is 91.0 Å². The van der Waals surface area contributed by atoms with Crippen molar-refractivity contribution in [3.05, 3.63) is 385 Å². The van der Waals surface area contributed by atoms with E-state index < -0.39 is 0 Å². The van der Waals surface area contributed by atoms with Crippen LogP contribution < -0.4 is 95.9 Å². The molecular weight excluding hydrogens is 1940 g/mol. The Hall–Kier alpha value is -7.21. The van der Waals surface area contributed by atoms with Gasteiger partial charge in [-0.3, -0.25) is 74.8 Å². The fourth-order valence-electron chi connectivity index (χ4n) is 7.11. The molecule has 15 rings (SSSR count). The fraction of sp³-hybridized carbons (Fsp3) is 0. The third-order valence-corrected chi connectivity index (χ3v) is 11.3. The van der Waals surface area contributed by atoms with Gasteiger partial charge in [-0.05, 0) is 182 Å². The average molecular weight is 2000 g/mol. The summed E-state index contributed by atoms with van der Waals surface area (Å²) < 4.78 is 0. The molecule has 15 aromatic rings. The SMILES string of the molecule is [I-].[I-].[I-].[I-].[Nd+3].[Nd+3].[OH-].[OH-].c1ccc(-c2ccccn2)nc1.c1ccc(-c2ccccn2)nc1.c1ccc(-c2ccccn2)nc1.c1ccc(-c2ccccn2)nc1.c1ccc(-c2ccccn2)nc1.c1ccc(-c2ccccn2)nc1.c1ccncc1.c1ccncc1.c1ccncc1. The van der Waals surface area contributed by atoms with Crippen LogP contribution in [0.25, 0.3) is 68.3 Å². The van der Waals surface area contributed by atoms with Crippen LogP contribution in [0.3, 0.4) is 0 Å². The van der Waals surface area contributed by atoms with Gasteiger partial charge in [-0.15, -0.1) is 0 Å². The smallest absolute Gasteiger partial charge is 1.00 e. The van der Waals surface area contributed by atoms with Crippen molar-refractivity contribution < 1.29 is 189 Å². The van der Waals surface area contributed by atoms with Gasteiger partial charge in [0, 0.05) is 112 Å². The molecule has 2 radical (unpaired) electrons. The van der Waals surface area contributed by atoms with E-state index in [1.54, 1.807) is 112 Å². The molecule has 0 bridgehead atoms. The van der Waals surface area contributed by atoms with Crippen molar-refractivity contribution in [2.45, 2.75) is 0 Å². The summed E-state index contributed by atoms with van der Waals surface area (Å²) in [4.78, 5) is 61.6.